The number of aryl methyl sites for hydroxylation is 2. The van der Waals surface area contributed by atoms with Gasteiger partial charge in [0, 0.05) is 18.8 Å². The molecular weight excluding hydrogens is 617 g/mol. The monoisotopic (exact) mass is 654 g/mol. The Balaban J connectivity index is 1.62. The number of carbonyl (C=O) groups excluding carboxylic acids is 1. The van der Waals surface area contributed by atoms with Gasteiger partial charge in [-0.15, -0.1) is 11.3 Å². The largest absolute Gasteiger partial charge is 0.321 e. The van der Waals surface area contributed by atoms with Gasteiger partial charge in [-0.1, -0.05) is 75.2 Å². The van der Waals surface area contributed by atoms with Gasteiger partial charge in [0.15, 0.2) is 5.57 Å². The van der Waals surface area contributed by atoms with Crippen molar-refractivity contribution in [1.82, 2.24) is 8.87 Å². The van der Waals surface area contributed by atoms with E-state index in [0.717, 1.165) is 52.9 Å². The van der Waals surface area contributed by atoms with Crippen LogP contribution in [-0.2, 0) is 20.2 Å². The standard InChI is InChI=1S/C36H38N4O4S2/c1-24-12-17-31(25(2)20-24)40-34(42)32(21-26-13-15-27(16-14-26)36(3,4)5)45-35(40)30(23-37)33(41)38-28-10-9-11-29(22-28)46(43,44)39-18-7-6-8-19-39/h9-17,20-22H,6-8,18-19H2,1-5H3,(H,38,41)/b32-21-,35-30-. The van der Waals surface area contributed by atoms with E-state index >= 15 is 0 Å². The number of anilines is 1. The van der Waals surface area contributed by atoms with Crippen molar-refractivity contribution < 1.29 is 13.2 Å². The zero-order chi connectivity index (χ0) is 33.2. The average Bonchev–Trinajstić information content (AvgIpc) is 3.32. The third-order valence-electron chi connectivity index (χ3n) is 8.09. The minimum absolute atomic E-state index is 0.0222. The van der Waals surface area contributed by atoms with Crippen molar-refractivity contribution in [2.45, 2.75) is 64.2 Å². The fraction of sp³-hybridized carbons (Fsp3) is 0.306. The molecule has 1 aliphatic rings. The molecule has 1 fully saturated rings. The summed E-state index contributed by atoms with van der Waals surface area (Å²) in [6.45, 7) is 11.1. The van der Waals surface area contributed by atoms with Gasteiger partial charge < -0.3 is 5.32 Å². The molecule has 1 saturated heterocycles. The van der Waals surface area contributed by atoms with Crippen LogP contribution >= 0.6 is 11.3 Å². The van der Waals surface area contributed by atoms with Gasteiger partial charge in [0.2, 0.25) is 10.0 Å². The van der Waals surface area contributed by atoms with Gasteiger partial charge in [-0.2, -0.15) is 9.57 Å². The Hall–Kier alpha value is -4.30. The lowest BCUT2D eigenvalue weighted by atomic mass is 9.87. The molecule has 0 atom stereocenters. The van der Waals surface area contributed by atoms with E-state index in [0.29, 0.717) is 23.3 Å². The lowest BCUT2D eigenvalue weighted by Gasteiger charge is -2.26. The number of amides is 1. The molecule has 238 valence electrons. The Bertz CT molecular complexity index is 2130. The van der Waals surface area contributed by atoms with Crippen molar-refractivity contribution >= 4 is 44.6 Å². The van der Waals surface area contributed by atoms with Crippen LogP contribution in [0.3, 0.4) is 0 Å². The lowest BCUT2D eigenvalue weighted by Crippen LogP contribution is -2.35. The minimum atomic E-state index is -3.73. The first kappa shape index (κ1) is 33.1. The first-order chi connectivity index (χ1) is 21.8. The highest BCUT2D eigenvalue weighted by Crippen LogP contribution is 2.24. The fourth-order valence-corrected chi connectivity index (χ4v) is 8.19. The number of piperidine rings is 1. The normalized spacial score (nSPS) is 15.3. The molecule has 0 spiro atoms. The number of sulfonamides is 1. The number of carbonyl (C=O) groups is 1. The third kappa shape index (κ3) is 6.92. The molecule has 1 N–H and O–H groups in total. The number of aromatic nitrogens is 1. The average molecular weight is 655 g/mol. The molecule has 46 heavy (non-hydrogen) atoms. The predicted molar refractivity (Wildman–Crippen MR) is 184 cm³/mol. The quantitative estimate of drug-likeness (QED) is 0.310. The Morgan fingerprint density at radius 3 is 2.30 bits per heavy atom. The summed E-state index contributed by atoms with van der Waals surface area (Å²) >= 11 is 1.07. The summed E-state index contributed by atoms with van der Waals surface area (Å²) in [7, 11) is -3.73. The topological polar surface area (TPSA) is 112 Å². The Labute approximate surface area is 274 Å². The van der Waals surface area contributed by atoms with Crippen LogP contribution in [0.5, 0.6) is 0 Å². The van der Waals surface area contributed by atoms with Crippen LogP contribution in [0.15, 0.2) is 76.4 Å². The molecule has 0 unspecified atom stereocenters. The zero-order valence-corrected chi connectivity index (χ0v) is 28.4. The van der Waals surface area contributed by atoms with Crippen LogP contribution in [0.25, 0.3) is 17.3 Å². The molecule has 3 aromatic carbocycles. The molecule has 0 radical (unpaired) electrons. The van der Waals surface area contributed by atoms with E-state index in [1.807, 2.05) is 62.4 Å². The number of hydrogen-bond donors (Lipinski definition) is 1. The van der Waals surface area contributed by atoms with Crippen molar-refractivity contribution in [3.63, 3.8) is 0 Å². The van der Waals surface area contributed by atoms with E-state index in [1.54, 1.807) is 18.2 Å². The van der Waals surface area contributed by atoms with E-state index in [1.165, 1.54) is 21.0 Å². The van der Waals surface area contributed by atoms with Crippen LogP contribution < -0.4 is 20.1 Å². The summed E-state index contributed by atoms with van der Waals surface area (Å²) in [5.74, 6) is -0.740. The molecular formula is C36H38N4O4S2. The Kier molecular flexibility index (Phi) is 9.49. The molecule has 4 aromatic rings. The first-order valence-electron chi connectivity index (χ1n) is 15.3. The molecule has 2 heterocycles. The van der Waals surface area contributed by atoms with Gasteiger partial charge in [-0.25, -0.2) is 8.42 Å². The minimum Gasteiger partial charge on any atom is -0.321 e. The molecule has 0 saturated carbocycles. The summed E-state index contributed by atoms with van der Waals surface area (Å²) in [5, 5.41) is 13.0. The van der Waals surface area contributed by atoms with Gasteiger partial charge >= 0.3 is 0 Å². The third-order valence-corrected chi connectivity index (χ3v) is 11.1. The number of thiazole rings is 1. The smallest absolute Gasteiger partial charge is 0.273 e. The second-order valence-electron chi connectivity index (χ2n) is 12.7. The van der Waals surface area contributed by atoms with Crippen LogP contribution in [0.4, 0.5) is 5.69 Å². The number of hydrogen-bond acceptors (Lipinski definition) is 6. The van der Waals surface area contributed by atoms with Crippen molar-refractivity contribution in [3.05, 3.63) is 109 Å². The van der Waals surface area contributed by atoms with Gasteiger partial charge in [0.05, 0.1) is 15.1 Å². The predicted octanol–water partition coefficient (Wildman–Crippen LogP) is 5.13. The molecule has 1 aliphatic heterocycles. The molecule has 1 amide bonds. The zero-order valence-electron chi connectivity index (χ0n) is 26.8. The van der Waals surface area contributed by atoms with Gasteiger partial charge in [0.25, 0.3) is 11.5 Å². The Morgan fingerprint density at radius 1 is 0.978 bits per heavy atom. The number of rotatable bonds is 6. The Morgan fingerprint density at radius 2 is 1.67 bits per heavy atom. The highest BCUT2D eigenvalue weighted by molar-refractivity contribution is 7.89. The number of benzene rings is 3. The maximum Gasteiger partial charge on any atom is 0.273 e. The van der Waals surface area contributed by atoms with Gasteiger partial charge in [0.1, 0.15) is 10.7 Å². The second-order valence-corrected chi connectivity index (χ2v) is 15.6. The molecule has 10 heteroatoms. The van der Waals surface area contributed by atoms with Crippen molar-refractivity contribution in [2.75, 3.05) is 18.4 Å². The number of nitriles is 1. The van der Waals surface area contributed by atoms with Gasteiger partial charge in [-0.3, -0.25) is 14.2 Å². The van der Waals surface area contributed by atoms with E-state index < -0.39 is 15.9 Å². The summed E-state index contributed by atoms with van der Waals surface area (Å²) < 4.78 is 30.0. The fourth-order valence-electron chi connectivity index (χ4n) is 5.53. The van der Waals surface area contributed by atoms with Crippen LogP contribution in [0.2, 0.25) is 0 Å². The lowest BCUT2D eigenvalue weighted by molar-refractivity contribution is -0.111. The van der Waals surface area contributed by atoms with Crippen LogP contribution in [-0.4, -0.2) is 36.3 Å². The summed E-state index contributed by atoms with van der Waals surface area (Å²) in [6.07, 6.45) is 4.38. The van der Waals surface area contributed by atoms with E-state index in [4.69, 9.17) is 0 Å². The summed E-state index contributed by atoms with van der Waals surface area (Å²) in [4.78, 5) is 27.7. The van der Waals surface area contributed by atoms with Crippen LogP contribution in [0, 0.1) is 25.2 Å². The van der Waals surface area contributed by atoms with Crippen molar-refractivity contribution in [3.8, 4) is 11.8 Å². The molecule has 5 rings (SSSR count). The first-order valence-corrected chi connectivity index (χ1v) is 17.5. The van der Waals surface area contributed by atoms with E-state index in [-0.39, 0.29) is 31.8 Å². The number of nitrogens with zero attached hydrogens (tertiary/aromatic N) is 3. The number of nitrogens with one attached hydrogen (secondary N) is 1. The second kappa shape index (κ2) is 13.2. The summed E-state index contributed by atoms with van der Waals surface area (Å²) in [6, 6.07) is 21.7. The molecule has 0 bridgehead atoms. The highest BCUT2D eigenvalue weighted by atomic mass is 32.2. The van der Waals surface area contributed by atoms with E-state index in [9.17, 15) is 23.3 Å². The molecule has 0 aliphatic carbocycles. The SMILES string of the molecule is Cc1ccc(-n2c(=O)/c(=C/c3ccc(C(C)(C)C)cc3)s/c2=C(/C#N)C(=O)Nc2cccc(S(=O)(=O)N3CCCCC3)c2)c(C)c1. The summed E-state index contributed by atoms with van der Waals surface area (Å²) in [5.41, 5.74) is 3.99. The maximum atomic E-state index is 14.0. The van der Waals surface area contributed by atoms with Gasteiger partial charge in [-0.05, 0) is 79.1 Å². The highest BCUT2D eigenvalue weighted by Gasteiger charge is 2.26. The van der Waals surface area contributed by atoms with Crippen molar-refractivity contribution in [2.24, 2.45) is 0 Å². The van der Waals surface area contributed by atoms with Crippen molar-refractivity contribution in [1.29, 1.82) is 5.26 Å². The molecule has 1 aromatic heterocycles. The maximum absolute atomic E-state index is 14.0. The van der Waals surface area contributed by atoms with Crippen LogP contribution in [0.1, 0.15) is 62.3 Å². The van der Waals surface area contributed by atoms with E-state index in [2.05, 4.69) is 26.1 Å². The molecule has 8 nitrogen and oxygen atoms in total.